The highest BCUT2D eigenvalue weighted by atomic mass is 19.4. The molecule has 6 nitrogen and oxygen atoms in total. The summed E-state index contributed by atoms with van der Waals surface area (Å²) in [6.07, 6.45) is -4.42. The normalized spacial score (nSPS) is 14.0. The van der Waals surface area contributed by atoms with E-state index in [1.165, 1.54) is 18.2 Å². The molecular weight excluding hydrogens is 500 g/mol. The van der Waals surface area contributed by atoms with E-state index in [0.717, 1.165) is 12.1 Å². The Hall–Kier alpha value is -4.34. The lowest BCUT2D eigenvalue weighted by atomic mass is 10.1. The number of benzene rings is 3. The topological polar surface area (TPSA) is 50.6 Å². The summed E-state index contributed by atoms with van der Waals surface area (Å²) in [4.78, 5) is 17.2. The molecule has 38 heavy (non-hydrogen) atoms. The van der Waals surface area contributed by atoms with Gasteiger partial charge in [-0.2, -0.15) is 18.3 Å². The monoisotopic (exact) mass is 524 g/mol. The third-order valence-electron chi connectivity index (χ3n) is 6.49. The molecule has 3 aromatic carbocycles. The first-order chi connectivity index (χ1) is 18.2. The Morgan fingerprint density at radius 3 is 2.18 bits per heavy atom. The number of amides is 1. The second-order valence-electron chi connectivity index (χ2n) is 8.86. The first-order valence-corrected chi connectivity index (χ1v) is 11.9. The van der Waals surface area contributed by atoms with E-state index in [1.807, 2.05) is 4.90 Å². The summed E-state index contributed by atoms with van der Waals surface area (Å²) in [5, 5.41) is 4.64. The summed E-state index contributed by atoms with van der Waals surface area (Å²) >= 11 is 0. The number of rotatable bonds is 5. The molecule has 0 spiro atoms. The highest BCUT2D eigenvalue weighted by molar-refractivity contribution is 5.94. The number of piperazine rings is 1. The smallest absolute Gasteiger partial charge is 0.416 e. The van der Waals surface area contributed by atoms with Gasteiger partial charge in [-0.05, 0) is 72.8 Å². The molecule has 0 saturated carbocycles. The van der Waals surface area contributed by atoms with Crippen LogP contribution in [0.25, 0.3) is 16.9 Å². The van der Waals surface area contributed by atoms with E-state index >= 15 is 0 Å². The Bertz CT molecular complexity index is 1420. The zero-order valence-corrected chi connectivity index (χ0v) is 20.5. The average Bonchev–Trinajstić information content (AvgIpc) is 3.38. The van der Waals surface area contributed by atoms with Crippen LogP contribution < -0.4 is 9.64 Å². The van der Waals surface area contributed by atoms with Crippen molar-refractivity contribution in [2.24, 2.45) is 0 Å². The Kier molecular flexibility index (Phi) is 6.79. The quantitative estimate of drug-likeness (QED) is 0.316. The molecule has 0 radical (unpaired) electrons. The van der Waals surface area contributed by atoms with Crippen molar-refractivity contribution in [1.82, 2.24) is 14.7 Å². The van der Waals surface area contributed by atoms with E-state index in [9.17, 15) is 22.4 Å². The van der Waals surface area contributed by atoms with Crippen molar-refractivity contribution >= 4 is 11.6 Å². The predicted molar refractivity (Wildman–Crippen MR) is 135 cm³/mol. The van der Waals surface area contributed by atoms with Gasteiger partial charge in [0.25, 0.3) is 5.91 Å². The number of aromatic nitrogens is 2. The second-order valence-corrected chi connectivity index (χ2v) is 8.86. The van der Waals surface area contributed by atoms with Gasteiger partial charge in [0.15, 0.2) is 0 Å². The molecule has 1 aromatic heterocycles. The summed E-state index contributed by atoms with van der Waals surface area (Å²) in [5.74, 6) is 0.0157. The number of nitrogens with zero attached hydrogens (tertiary/aromatic N) is 4. The maximum Gasteiger partial charge on any atom is 0.416 e. The number of methoxy groups -OCH3 is 1. The molecule has 0 N–H and O–H groups in total. The second kappa shape index (κ2) is 10.2. The van der Waals surface area contributed by atoms with Crippen molar-refractivity contribution in [2.45, 2.75) is 6.18 Å². The lowest BCUT2D eigenvalue weighted by molar-refractivity contribution is -0.137. The van der Waals surface area contributed by atoms with Crippen molar-refractivity contribution in [3.8, 4) is 22.7 Å². The SMILES string of the molecule is COc1ccc(-n2nc(-c3ccc(F)cc3)cc2C(=O)N2CCN(c3cccc(C(F)(F)F)c3)CC2)cc1. The number of carbonyl (C=O) groups excluding carboxylic acids is 1. The Morgan fingerprint density at radius 1 is 0.868 bits per heavy atom. The third kappa shape index (κ3) is 5.20. The number of halogens is 4. The van der Waals surface area contributed by atoms with Gasteiger partial charge < -0.3 is 14.5 Å². The standard InChI is InChI=1S/C28H24F4N4O2/c1-38-24-11-9-22(10-12-24)36-26(18-25(33-36)19-5-7-21(29)8-6-19)27(37)35-15-13-34(14-16-35)23-4-2-3-20(17-23)28(30,31)32/h2-12,17-18H,13-16H2,1H3. The number of alkyl halides is 3. The highest BCUT2D eigenvalue weighted by Crippen LogP contribution is 2.32. The van der Waals surface area contributed by atoms with Crippen LogP contribution in [0.5, 0.6) is 5.75 Å². The van der Waals surface area contributed by atoms with Crippen molar-refractivity contribution in [3.63, 3.8) is 0 Å². The molecular formula is C28H24F4N4O2. The van der Waals surface area contributed by atoms with Crippen molar-refractivity contribution in [3.05, 3.63) is 95.9 Å². The molecule has 0 atom stereocenters. The van der Waals surface area contributed by atoms with Gasteiger partial charge in [0.05, 0.1) is 24.1 Å². The summed E-state index contributed by atoms with van der Waals surface area (Å²) in [5.41, 5.74) is 1.89. The number of hydrogen-bond acceptors (Lipinski definition) is 4. The Labute approximate surface area is 216 Å². The van der Waals surface area contributed by atoms with Crippen molar-refractivity contribution < 1.29 is 27.1 Å². The predicted octanol–water partition coefficient (Wildman–Crippen LogP) is 5.67. The lowest BCUT2D eigenvalue weighted by Gasteiger charge is -2.36. The summed E-state index contributed by atoms with van der Waals surface area (Å²) in [6.45, 7) is 1.42. The molecule has 0 unspecified atom stereocenters. The zero-order valence-electron chi connectivity index (χ0n) is 20.5. The minimum atomic E-state index is -4.42. The molecule has 10 heteroatoms. The third-order valence-corrected chi connectivity index (χ3v) is 6.49. The first kappa shape index (κ1) is 25.3. The Morgan fingerprint density at radius 2 is 1.55 bits per heavy atom. The van der Waals surface area contributed by atoms with E-state index in [1.54, 1.807) is 65.2 Å². The van der Waals surface area contributed by atoms with E-state index in [-0.39, 0.29) is 11.7 Å². The average molecular weight is 525 g/mol. The van der Waals surface area contributed by atoms with E-state index in [0.29, 0.717) is 60.3 Å². The largest absolute Gasteiger partial charge is 0.497 e. The fraction of sp³-hybridized carbons (Fsp3) is 0.214. The van der Waals surface area contributed by atoms with Crippen LogP contribution in [-0.2, 0) is 6.18 Å². The van der Waals surface area contributed by atoms with Crippen LogP contribution in [0.15, 0.2) is 78.9 Å². The maximum absolute atomic E-state index is 13.7. The van der Waals surface area contributed by atoms with E-state index < -0.39 is 11.7 Å². The molecule has 4 aromatic rings. The number of hydrogen-bond donors (Lipinski definition) is 0. The molecule has 2 heterocycles. The summed E-state index contributed by atoms with van der Waals surface area (Å²) in [7, 11) is 1.56. The number of anilines is 1. The molecule has 1 amide bonds. The molecule has 196 valence electrons. The van der Waals surface area contributed by atoms with Gasteiger partial charge in [-0.15, -0.1) is 0 Å². The van der Waals surface area contributed by atoms with Gasteiger partial charge >= 0.3 is 6.18 Å². The van der Waals surface area contributed by atoms with Gasteiger partial charge in [0.1, 0.15) is 17.3 Å². The van der Waals surface area contributed by atoms with Crippen LogP contribution in [0.1, 0.15) is 16.1 Å². The molecule has 1 aliphatic rings. The van der Waals surface area contributed by atoms with Crippen LogP contribution >= 0.6 is 0 Å². The molecule has 1 saturated heterocycles. The first-order valence-electron chi connectivity index (χ1n) is 11.9. The van der Waals surface area contributed by atoms with Crippen LogP contribution in [0.4, 0.5) is 23.2 Å². The van der Waals surface area contributed by atoms with Gasteiger partial charge in [0, 0.05) is 37.4 Å². The van der Waals surface area contributed by atoms with Crippen LogP contribution in [0.3, 0.4) is 0 Å². The number of ether oxygens (including phenoxy) is 1. The van der Waals surface area contributed by atoms with Crippen LogP contribution in [0.2, 0.25) is 0 Å². The summed E-state index contributed by atoms with van der Waals surface area (Å²) < 4.78 is 59.7. The molecule has 5 rings (SSSR count). The van der Waals surface area contributed by atoms with Gasteiger partial charge in [-0.25, -0.2) is 9.07 Å². The van der Waals surface area contributed by atoms with Crippen molar-refractivity contribution in [2.75, 3.05) is 38.2 Å². The van der Waals surface area contributed by atoms with Crippen LogP contribution in [-0.4, -0.2) is 53.9 Å². The molecule has 1 aliphatic heterocycles. The fourth-order valence-electron chi connectivity index (χ4n) is 4.42. The number of carbonyl (C=O) groups is 1. The Balaban J connectivity index is 1.40. The minimum Gasteiger partial charge on any atom is -0.497 e. The maximum atomic E-state index is 13.7. The van der Waals surface area contributed by atoms with E-state index in [2.05, 4.69) is 5.10 Å². The van der Waals surface area contributed by atoms with Crippen molar-refractivity contribution in [1.29, 1.82) is 0 Å². The van der Waals surface area contributed by atoms with E-state index in [4.69, 9.17) is 4.74 Å². The van der Waals surface area contributed by atoms with Gasteiger partial charge in [-0.3, -0.25) is 4.79 Å². The molecule has 1 fully saturated rings. The van der Waals surface area contributed by atoms with Gasteiger partial charge in [-0.1, -0.05) is 6.07 Å². The molecule has 0 bridgehead atoms. The van der Waals surface area contributed by atoms with Gasteiger partial charge in [0.2, 0.25) is 0 Å². The lowest BCUT2D eigenvalue weighted by Crippen LogP contribution is -2.49. The zero-order chi connectivity index (χ0) is 26.9. The summed E-state index contributed by atoms with van der Waals surface area (Å²) in [6, 6.07) is 19.8. The van der Waals surface area contributed by atoms with Crippen LogP contribution in [0, 0.1) is 5.82 Å². The highest BCUT2D eigenvalue weighted by Gasteiger charge is 2.32. The molecule has 0 aliphatic carbocycles. The minimum absolute atomic E-state index is 0.259. The fourth-order valence-corrected chi connectivity index (χ4v) is 4.42.